The molecular weight excluding hydrogens is 172 g/mol. The third-order valence-corrected chi connectivity index (χ3v) is 3.78. The second-order valence-electron chi connectivity index (χ2n) is 4.76. The Morgan fingerprint density at radius 1 is 1.36 bits per heavy atom. The summed E-state index contributed by atoms with van der Waals surface area (Å²) in [5.41, 5.74) is 6.24. The van der Waals surface area contributed by atoms with Gasteiger partial charge in [0.05, 0.1) is 0 Å². The van der Waals surface area contributed by atoms with Crippen molar-refractivity contribution in [1.29, 1.82) is 0 Å². The average molecular weight is 198 g/mol. The molecule has 1 rings (SSSR count). The Hall–Kier alpha value is -0.0800. The summed E-state index contributed by atoms with van der Waals surface area (Å²) in [4.78, 5) is 0. The van der Waals surface area contributed by atoms with Gasteiger partial charge in [-0.25, -0.2) is 0 Å². The molecule has 0 spiro atoms. The number of hydrogen-bond acceptors (Lipinski definition) is 2. The van der Waals surface area contributed by atoms with E-state index < -0.39 is 0 Å². The van der Waals surface area contributed by atoms with Gasteiger partial charge in [-0.2, -0.15) is 0 Å². The summed E-state index contributed by atoms with van der Waals surface area (Å²) in [7, 11) is 0. The fourth-order valence-corrected chi connectivity index (χ4v) is 2.33. The second-order valence-corrected chi connectivity index (χ2v) is 4.76. The molecule has 1 atom stereocenters. The maximum Gasteiger partial charge on any atom is 0.0179 e. The van der Waals surface area contributed by atoms with Gasteiger partial charge in [0, 0.05) is 5.54 Å². The maximum atomic E-state index is 5.75. The van der Waals surface area contributed by atoms with E-state index in [1.807, 2.05) is 0 Å². The van der Waals surface area contributed by atoms with Crippen LogP contribution in [0.1, 0.15) is 52.4 Å². The van der Waals surface area contributed by atoms with Crippen molar-refractivity contribution in [3.8, 4) is 0 Å². The van der Waals surface area contributed by atoms with Crippen LogP contribution < -0.4 is 11.1 Å². The summed E-state index contributed by atoms with van der Waals surface area (Å²) < 4.78 is 0. The highest BCUT2D eigenvalue weighted by atomic mass is 15.0. The molecule has 1 saturated carbocycles. The zero-order valence-corrected chi connectivity index (χ0v) is 9.81. The van der Waals surface area contributed by atoms with E-state index in [1.54, 1.807) is 0 Å². The van der Waals surface area contributed by atoms with E-state index in [0.717, 1.165) is 13.1 Å². The minimum Gasteiger partial charge on any atom is -0.330 e. The standard InChI is InChI=1S/C12H26N2/c1-3-6-11(9-13)10-14-12(4-2)7-5-8-12/h11,14H,3-10,13H2,1-2H3. The molecule has 2 heteroatoms. The van der Waals surface area contributed by atoms with E-state index in [1.165, 1.54) is 38.5 Å². The van der Waals surface area contributed by atoms with E-state index >= 15 is 0 Å². The molecule has 14 heavy (non-hydrogen) atoms. The van der Waals surface area contributed by atoms with Crippen molar-refractivity contribution in [1.82, 2.24) is 5.32 Å². The van der Waals surface area contributed by atoms with E-state index in [4.69, 9.17) is 5.73 Å². The summed E-state index contributed by atoms with van der Waals surface area (Å²) in [6, 6.07) is 0. The molecule has 0 aliphatic heterocycles. The molecule has 0 aromatic heterocycles. The van der Waals surface area contributed by atoms with Gasteiger partial charge < -0.3 is 11.1 Å². The minimum absolute atomic E-state index is 0.487. The minimum atomic E-state index is 0.487. The molecule has 1 unspecified atom stereocenters. The quantitative estimate of drug-likeness (QED) is 0.658. The van der Waals surface area contributed by atoms with Gasteiger partial charge in [-0.05, 0) is 51.1 Å². The SMILES string of the molecule is CCCC(CN)CNC1(CC)CCC1. The third kappa shape index (κ3) is 2.96. The van der Waals surface area contributed by atoms with E-state index in [2.05, 4.69) is 19.2 Å². The Morgan fingerprint density at radius 3 is 2.43 bits per heavy atom. The number of nitrogens with two attached hydrogens (primary N) is 1. The van der Waals surface area contributed by atoms with Gasteiger partial charge in [0.25, 0.3) is 0 Å². The van der Waals surface area contributed by atoms with Crippen LogP contribution in [0.2, 0.25) is 0 Å². The highest BCUT2D eigenvalue weighted by Crippen LogP contribution is 2.34. The van der Waals surface area contributed by atoms with E-state index in [9.17, 15) is 0 Å². The summed E-state index contributed by atoms with van der Waals surface area (Å²) in [6.45, 7) is 6.49. The highest BCUT2D eigenvalue weighted by Gasteiger charge is 2.34. The van der Waals surface area contributed by atoms with Crippen LogP contribution in [0, 0.1) is 5.92 Å². The average Bonchev–Trinajstić information content (AvgIpc) is 2.15. The monoisotopic (exact) mass is 198 g/mol. The molecular formula is C12H26N2. The van der Waals surface area contributed by atoms with Crippen LogP contribution in [-0.4, -0.2) is 18.6 Å². The summed E-state index contributed by atoms with van der Waals surface area (Å²) in [6.07, 6.45) is 7.93. The summed E-state index contributed by atoms with van der Waals surface area (Å²) in [5, 5.41) is 3.74. The molecule has 0 amide bonds. The van der Waals surface area contributed by atoms with Crippen LogP contribution in [0.3, 0.4) is 0 Å². The van der Waals surface area contributed by atoms with Gasteiger partial charge in [0.1, 0.15) is 0 Å². The van der Waals surface area contributed by atoms with Crippen molar-refractivity contribution < 1.29 is 0 Å². The molecule has 2 nitrogen and oxygen atoms in total. The zero-order chi connectivity index (χ0) is 10.4. The fourth-order valence-electron chi connectivity index (χ4n) is 2.33. The molecule has 0 aromatic rings. The molecule has 1 fully saturated rings. The summed E-state index contributed by atoms with van der Waals surface area (Å²) in [5.74, 6) is 0.684. The zero-order valence-electron chi connectivity index (χ0n) is 9.81. The molecule has 0 bridgehead atoms. The largest absolute Gasteiger partial charge is 0.330 e. The van der Waals surface area contributed by atoms with E-state index in [-0.39, 0.29) is 0 Å². The van der Waals surface area contributed by atoms with Gasteiger partial charge in [0.15, 0.2) is 0 Å². The smallest absolute Gasteiger partial charge is 0.0179 e. The lowest BCUT2D eigenvalue weighted by Gasteiger charge is -2.43. The Morgan fingerprint density at radius 2 is 2.07 bits per heavy atom. The molecule has 0 aromatic carbocycles. The van der Waals surface area contributed by atoms with Gasteiger partial charge in [-0.15, -0.1) is 0 Å². The van der Waals surface area contributed by atoms with Crippen LogP contribution in [-0.2, 0) is 0 Å². The van der Waals surface area contributed by atoms with Crippen molar-refractivity contribution in [2.45, 2.75) is 57.9 Å². The maximum absolute atomic E-state index is 5.75. The van der Waals surface area contributed by atoms with Crippen molar-refractivity contribution >= 4 is 0 Å². The Bertz CT molecular complexity index is 147. The predicted octanol–water partition coefficient (Wildman–Crippen LogP) is 2.28. The molecule has 3 N–H and O–H groups in total. The molecule has 84 valence electrons. The first kappa shape index (κ1) is 12.0. The molecule has 0 heterocycles. The lowest BCUT2D eigenvalue weighted by Crippen LogP contribution is -2.52. The van der Waals surface area contributed by atoms with Crippen molar-refractivity contribution in [3.05, 3.63) is 0 Å². The van der Waals surface area contributed by atoms with Gasteiger partial charge in [0.2, 0.25) is 0 Å². The molecule has 0 saturated heterocycles. The third-order valence-electron chi connectivity index (χ3n) is 3.78. The van der Waals surface area contributed by atoms with Gasteiger partial charge >= 0.3 is 0 Å². The number of nitrogens with one attached hydrogen (secondary N) is 1. The Labute approximate surface area is 88.6 Å². The van der Waals surface area contributed by atoms with Crippen LogP contribution >= 0.6 is 0 Å². The van der Waals surface area contributed by atoms with Gasteiger partial charge in [-0.3, -0.25) is 0 Å². The fraction of sp³-hybridized carbons (Fsp3) is 1.00. The summed E-state index contributed by atoms with van der Waals surface area (Å²) >= 11 is 0. The Balaban J connectivity index is 2.22. The molecule has 1 aliphatic rings. The highest BCUT2D eigenvalue weighted by molar-refractivity contribution is 4.94. The topological polar surface area (TPSA) is 38.0 Å². The normalized spacial score (nSPS) is 21.6. The lowest BCUT2D eigenvalue weighted by atomic mass is 9.74. The lowest BCUT2D eigenvalue weighted by molar-refractivity contribution is 0.167. The van der Waals surface area contributed by atoms with Gasteiger partial charge in [-0.1, -0.05) is 20.3 Å². The second kappa shape index (κ2) is 5.72. The van der Waals surface area contributed by atoms with Crippen LogP contribution in [0.5, 0.6) is 0 Å². The van der Waals surface area contributed by atoms with Crippen LogP contribution in [0.4, 0.5) is 0 Å². The number of hydrogen-bond donors (Lipinski definition) is 2. The number of rotatable bonds is 7. The Kier molecular flexibility index (Phi) is 4.90. The molecule has 1 aliphatic carbocycles. The van der Waals surface area contributed by atoms with Crippen molar-refractivity contribution in [2.75, 3.05) is 13.1 Å². The van der Waals surface area contributed by atoms with Crippen molar-refractivity contribution in [3.63, 3.8) is 0 Å². The first-order valence-electron chi connectivity index (χ1n) is 6.21. The molecule has 0 radical (unpaired) electrons. The van der Waals surface area contributed by atoms with Crippen LogP contribution in [0.25, 0.3) is 0 Å². The predicted molar refractivity (Wildman–Crippen MR) is 62.3 cm³/mol. The first-order valence-corrected chi connectivity index (χ1v) is 6.21. The first-order chi connectivity index (χ1) is 6.76. The van der Waals surface area contributed by atoms with Crippen LogP contribution in [0.15, 0.2) is 0 Å². The van der Waals surface area contributed by atoms with Crippen molar-refractivity contribution in [2.24, 2.45) is 11.7 Å². The van der Waals surface area contributed by atoms with E-state index in [0.29, 0.717) is 11.5 Å².